The Morgan fingerprint density at radius 1 is 0.688 bits per heavy atom. The zero-order valence-corrected chi connectivity index (χ0v) is 19.1. The molecule has 0 spiro atoms. The van der Waals surface area contributed by atoms with Crippen LogP contribution in [-0.4, -0.2) is 93.7 Å². The highest BCUT2D eigenvalue weighted by atomic mass is 16.8. The molecule has 0 aromatic heterocycles. The molecule has 0 bridgehead atoms. The van der Waals surface area contributed by atoms with Crippen molar-refractivity contribution in [1.29, 1.82) is 0 Å². The fourth-order valence-electron chi connectivity index (χ4n) is 3.15. The van der Waals surface area contributed by atoms with Gasteiger partial charge >= 0.3 is 18.5 Å². The minimum absolute atomic E-state index is 0.00423. The Morgan fingerprint density at radius 3 is 1.53 bits per heavy atom. The largest absolute Gasteiger partial charge is 0.508 e. The van der Waals surface area contributed by atoms with E-state index in [0.29, 0.717) is 6.42 Å². The highest BCUT2D eigenvalue weighted by Gasteiger charge is 2.57. The van der Waals surface area contributed by atoms with Crippen molar-refractivity contribution in [3.63, 3.8) is 0 Å². The molecule has 6 atom stereocenters. The van der Waals surface area contributed by atoms with E-state index in [4.69, 9.17) is 37.9 Å². The standard InChI is InChI=1S/C20H34O12/c1-6-10-11-29-16-13(30-18(22)26-7-2)12(21)14(31-19(23)27-8-3)17(15(16)25-5)32-20(24)28-9-4/h12-17,21H,6-11H2,1-5H3. The van der Waals surface area contributed by atoms with Crippen LogP contribution in [0.4, 0.5) is 14.4 Å². The minimum Gasteiger partial charge on any atom is -0.435 e. The third-order valence-corrected chi connectivity index (χ3v) is 4.53. The van der Waals surface area contributed by atoms with Crippen LogP contribution in [0.25, 0.3) is 0 Å². The lowest BCUT2D eigenvalue weighted by molar-refractivity contribution is -0.247. The zero-order valence-electron chi connectivity index (χ0n) is 19.1. The topological polar surface area (TPSA) is 145 Å². The maximum atomic E-state index is 12.0. The van der Waals surface area contributed by atoms with Gasteiger partial charge in [0.25, 0.3) is 0 Å². The summed E-state index contributed by atoms with van der Waals surface area (Å²) in [5.41, 5.74) is 0. The van der Waals surface area contributed by atoms with Crippen LogP contribution in [0, 0.1) is 0 Å². The van der Waals surface area contributed by atoms with Gasteiger partial charge in [-0.1, -0.05) is 13.3 Å². The van der Waals surface area contributed by atoms with Gasteiger partial charge in [-0.2, -0.15) is 0 Å². The molecule has 0 aromatic carbocycles. The number of carbonyl (C=O) groups is 3. The molecule has 32 heavy (non-hydrogen) atoms. The second-order valence-electron chi connectivity index (χ2n) is 6.68. The quantitative estimate of drug-likeness (QED) is 0.270. The Bertz CT molecular complexity index is 583. The SMILES string of the molecule is CCCCOC1C(OC(=O)OCC)C(O)C(OC(=O)OCC)C(OC(=O)OCC)C1OC. The number of carbonyl (C=O) groups excluding carboxylic acids is 3. The summed E-state index contributed by atoms with van der Waals surface area (Å²) < 4.78 is 41.5. The lowest BCUT2D eigenvalue weighted by atomic mass is 9.84. The van der Waals surface area contributed by atoms with Crippen LogP contribution in [-0.2, 0) is 37.9 Å². The predicted octanol–water partition coefficient (Wildman–Crippen LogP) is 2.19. The molecule has 0 heterocycles. The van der Waals surface area contributed by atoms with Crippen molar-refractivity contribution >= 4 is 18.5 Å². The average molecular weight is 466 g/mol. The number of methoxy groups -OCH3 is 1. The maximum absolute atomic E-state index is 12.0. The van der Waals surface area contributed by atoms with Crippen molar-refractivity contribution in [2.45, 2.75) is 77.2 Å². The first kappa shape index (κ1) is 27.7. The lowest BCUT2D eigenvalue weighted by Gasteiger charge is -2.46. The van der Waals surface area contributed by atoms with E-state index in [9.17, 15) is 19.5 Å². The first-order valence-electron chi connectivity index (χ1n) is 10.7. The van der Waals surface area contributed by atoms with Gasteiger partial charge in [0.05, 0.1) is 19.8 Å². The molecule has 1 aliphatic rings. The summed E-state index contributed by atoms with van der Waals surface area (Å²) in [5, 5.41) is 11.0. The van der Waals surface area contributed by atoms with E-state index in [2.05, 4.69) is 0 Å². The summed E-state index contributed by atoms with van der Waals surface area (Å²) in [5.74, 6) is 0. The normalized spacial score (nSPS) is 27.2. The van der Waals surface area contributed by atoms with Crippen molar-refractivity contribution < 1.29 is 57.4 Å². The van der Waals surface area contributed by atoms with Gasteiger partial charge in [0.1, 0.15) is 18.3 Å². The monoisotopic (exact) mass is 466 g/mol. The van der Waals surface area contributed by atoms with E-state index in [0.717, 1.165) is 6.42 Å². The highest BCUT2D eigenvalue weighted by molar-refractivity contribution is 5.62. The van der Waals surface area contributed by atoms with E-state index in [1.54, 1.807) is 20.8 Å². The van der Waals surface area contributed by atoms with Gasteiger partial charge in [-0.05, 0) is 27.2 Å². The first-order chi connectivity index (χ1) is 15.3. The van der Waals surface area contributed by atoms with Crippen molar-refractivity contribution in [1.82, 2.24) is 0 Å². The molecule has 0 radical (unpaired) electrons. The zero-order chi connectivity index (χ0) is 24.1. The molecule has 6 unspecified atom stereocenters. The third-order valence-electron chi connectivity index (χ3n) is 4.53. The molecule has 0 amide bonds. The summed E-state index contributed by atoms with van der Waals surface area (Å²) in [6.07, 6.45) is -9.85. The van der Waals surface area contributed by atoms with E-state index in [1.807, 2.05) is 6.92 Å². The van der Waals surface area contributed by atoms with Crippen LogP contribution < -0.4 is 0 Å². The molecular formula is C20H34O12. The van der Waals surface area contributed by atoms with Crippen LogP contribution in [0.2, 0.25) is 0 Å². The van der Waals surface area contributed by atoms with E-state index < -0.39 is 55.1 Å². The van der Waals surface area contributed by atoms with Gasteiger partial charge < -0.3 is 43.0 Å². The van der Waals surface area contributed by atoms with Crippen molar-refractivity contribution in [3.05, 3.63) is 0 Å². The Kier molecular flexibility index (Phi) is 12.7. The fraction of sp³-hybridized carbons (Fsp3) is 0.850. The molecule has 1 fully saturated rings. The summed E-state index contributed by atoms with van der Waals surface area (Å²) >= 11 is 0. The summed E-state index contributed by atoms with van der Waals surface area (Å²) in [6, 6.07) is 0. The number of rotatable bonds is 11. The number of aliphatic hydroxyl groups is 1. The number of ether oxygens (including phenoxy) is 8. The van der Waals surface area contributed by atoms with Gasteiger partial charge in [0.15, 0.2) is 18.3 Å². The van der Waals surface area contributed by atoms with Gasteiger partial charge in [-0.3, -0.25) is 0 Å². The molecular weight excluding hydrogens is 432 g/mol. The van der Waals surface area contributed by atoms with Crippen LogP contribution in [0.3, 0.4) is 0 Å². The highest BCUT2D eigenvalue weighted by Crippen LogP contribution is 2.32. The smallest absolute Gasteiger partial charge is 0.435 e. The number of aliphatic hydroxyl groups excluding tert-OH is 1. The van der Waals surface area contributed by atoms with Gasteiger partial charge in [0.2, 0.25) is 0 Å². The molecule has 12 heteroatoms. The molecule has 186 valence electrons. The number of unbranched alkanes of at least 4 members (excludes halogenated alkanes) is 1. The average Bonchev–Trinajstić information content (AvgIpc) is 2.74. The Labute approximate surface area is 187 Å². The van der Waals surface area contributed by atoms with Crippen molar-refractivity contribution in [2.24, 2.45) is 0 Å². The predicted molar refractivity (Wildman–Crippen MR) is 107 cm³/mol. The van der Waals surface area contributed by atoms with Gasteiger partial charge in [-0.15, -0.1) is 0 Å². The van der Waals surface area contributed by atoms with E-state index in [-0.39, 0.29) is 26.4 Å². The van der Waals surface area contributed by atoms with Gasteiger partial charge in [0, 0.05) is 13.7 Å². The van der Waals surface area contributed by atoms with Crippen molar-refractivity contribution in [2.75, 3.05) is 33.5 Å². The maximum Gasteiger partial charge on any atom is 0.508 e. The fourth-order valence-corrected chi connectivity index (χ4v) is 3.15. The van der Waals surface area contributed by atoms with Crippen LogP contribution in [0.15, 0.2) is 0 Å². The second kappa shape index (κ2) is 14.7. The van der Waals surface area contributed by atoms with Gasteiger partial charge in [-0.25, -0.2) is 14.4 Å². The molecule has 1 N–H and O–H groups in total. The van der Waals surface area contributed by atoms with Crippen LogP contribution in [0.5, 0.6) is 0 Å². The summed E-state index contributed by atoms with van der Waals surface area (Å²) in [6.45, 7) is 6.99. The molecule has 1 aliphatic carbocycles. The Hall–Kier alpha value is -2.31. The Balaban J connectivity index is 3.31. The summed E-state index contributed by atoms with van der Waals surface area (Å²) in [7, 11) is 1.31. The molecule has 0 aliphatic heterocycles. The molecule has 12 nitrogen and oxygen atoms in total. The molecule has 1 rings (SSSR count). The lowest BCUT2D eigenvalue weighted by Crippen LogP contribution is -2.67. The first-order valence-corrected chi connectivity index (χ1v) is 10.7. The Morgan fingerprint density at radius 2 is 1.12 bits per heavy atom. The molecule has 0 saturated heterocycles. The minimum atomic E-state index is -1.67. The molecule has 0 aromatic rings. The number of hydrogen-bond acceptors (Lipinski definition) is 12. The van der Waals surface area contributed by atoms with Crippen molar-refractivity contribution in [3.8, 4) is 0 Å². The third kappa shape index (κ3) is 7.99. The number of hydrogen-bond donors (Lipinski definition) is 1. The summed E-state index contributed by atoms with van der Waals surface area (Å²) in [4.78, 5) is 36.1. The second-order valence-corrected chi connectivity index (χ2v) is 6.68. The van der Waals surface area contributed by atoms with E-state index >= 15 is 0 Å². The van der Waals surface area contributed by atoms with Crippen LogP contribution in [0.1, 0.15) is 40.5 Å². The molecule has 1 saturated carbocycles. The van der Waals surface area contributed by atoms with E-state index in [1.165, 1.54) is 7.11 Å². The van der Waals surface area contributed by atoms with Crippen LogP contribution >= 0.6 is 0 Å².